The van der Waals surface area contributed by atoms with Crippen LogP contribution in [-0.2, 0) is 12.0 Å². The molecule has 2 N–H and O–H groups in total. The van der Waals surface area contributed by atoms with Crippen LogP contribution in [0.1, 0.15) is 24.5 Å². The van der Waals surface area contributed by atoms with Gasteiger partial charge in [0, 0.05) is 44.5 Å². The molecular formula is C13H24N4S. The number of nitrogens with zero attached hydrogens (tertiary/aromatic N) is 3. The Hall–Kier alpha value is -0.490. The van der Waals surface area contributed by atoms with Gasteiger partial charge in [0.1, 0.15) is 0 Å². The molecule has 2 heterocycles. The summed E-state index contributed by atoms with van der Waals surface area (Å²) in [5, 5.41) is 3.31. The van der Waals surface area contributed by atoms with Crippen LogP contribution in [0.15, 0.2) is 5.38 Å². The highest BCUT2D eigenvalue weighted by Gasteiger charge is 2.18. The second-order valence-electron chi connectivity index (χ2n) is 5.74. The fourth-order valence-electron chi connectivity index (χ4n) is 2.05. The van der Waals surface area contributed by atoms with E-state index in [1.165, 1.54) is 31.2 Å². The number of hydrogen-bond donors (Lipinski definition) is 1. The van der Waals surface area contributed by atoms with Gasteiger partial charge in [-0.1, -0.05) is 0 Å². The van der Waals surface area contributed by atoms with Crippen molar-refractivity contribution in [2.24, 2.45) is 5.73 Å². The number of piperazine rings is 1. The van der Waals surface area contributed by atoms with Crippen LogP contribution in [-0.4, -0.2) is 54.6 Å². The first-order valence-corrected chi connectivity index (χ1v) is 7.48. The van der Waals surface area contributed by atoms with E-state index in [9.17, 15) is 0 Å². The predicted octanol–water partition coefficient (Wildman–Crippen LogP) is 1.13. The number of rotatable bonds is 4. The molecule has 0 aromatic carbocycles. The number of likely N-dealkylation sites (N-methyl/N-ethyl adjacent to an activating group) is 1. The van der Waals surface area contributed by atoms with Gasteiger partial charge in [0.15, 0.2) is 0 Å². The molecule has 5 heteroatoms. The summed E-state index contributed by atoms with van der Waals surface area (Å²) < 4.78 is 0. The lowest BCUT2D eigenvalue weighted by atomic mass is 10.0. The van der Waals surface area contributed by atoms with Crippen LogP contribution in [0.25, 0.3) is 0 Å². The van der Waals surface area contributed by atoms with Crippen molar-refractivity contribution < 1.29 is 0 Å². The van der Waals surface area contributed by atoms with E-state index in [4.69, 9.17) is 5.73 Å². The van der Waals surface area contributed by atoms with E-state index >= 15 is 0 Å². The molecule has 0 spiro atoms. The van der Waals surface area contributed by atoms with Gasteiger partial charge < -0.3 is 15.5 Å². The van der Waals surface area contributed by atoms with Gasteiger partial charge in [-0.3, -0.25) is 0 Å². The summed E-state index contributed by atoms with van der Waals surface area (Å²) in [5.41, 5.74) is 6.75. The first-order chi connectivity index (χ1) is 8.45. The third-order valence-electron chi connectivity index (χ3n) is 3.45. The molecule has 18 heavy (non-hydrogen) atoms. The average molecular weight is 268 g/mol. The van der Waals surface area contributed by atoms with Gasteiger partial charge in [0.25, 0.3) is 0 Å². The molecule has 0 unspecified atom stereocenters. The third kappa shape index (κ3) is 3.75. The lowest BCUT2D eigenvalue weighted by molar-refractivity contribution is 0.155. The number of nitrogens with two attached hydrogens (primary N) is 1. The maximum absolute atomic E-state index is 6.05. The van der Waals surface area contributed by atoms with Crippen molar-refractivity contribution in [3.05, 3.63) is 16.1 Å². The summed E-state index contributed by atoms with van der Waals surface area (Å²) >= 11 is 1.74. The van der Waals surface area contributed by atoms with Crippen LogP contribution in [0.2, 0.25) is 0 Å². The molecule has 1 aromatic rings. The van der Waals surface area contributed by atoms with Crippen molar-refractivity contribution in [3.8, 4) is 0 Å². The molecule has 0 radical (unpaired) electrons. The third-order valence-corrected chi connectivity index (χ3v) is 4.36. The fraction of sp³-hybridized carbons (Fsp3) is 0.769. The Morgan fingerprint density at radius 3 is 2.56 bits per heavy atom. The van der Waals surface area contributed by atoms with Crippen LogP contribution in [0.4, 0.5) is 0 Å². The normalized spacial score (nSPS) is 19.3. The summed E-state index contributed by atoms with van der Waals surface area (Å²) in [6, 6.07) is 0. The van der Waals surface area contributed by atoms with E-state index in [-0.39, 0.29) is 5.54 Å². The predicted molar refractivity (Wildman–Crippen MR) is 77.0 cm³/mol. The molecule has 1 saturated heterocycles. The van der Waals surface area contributed by atoms with Crippen molar-refractivity contribution in [2.75, 3.05) is 39.8 Å². The average Bonchev–Trinajstić information content (AvgIpc) is 2.77. The lowest BCUT2D eigenvalue weighted by Gasteiger charge is -2.32. The maximum Gasteiger partial charge on any atom is 0.0941 e. The number of thiazole rings is 1. The topological polar surface area (TPSA) is 45.4 Å². The zero-order valence-electron chi connectivity index (χ0n) is 11.6. The number of aromatic nitrogens is 1. The van der Waals surface area contributed by atoms with Gasteiger partial charge in [-0.25, -0.2) is 4.98 Å². The zero-order chi connectivity index (χ0) is 13.2. The molecule has 1 aromatic heterocycles. The van der Waals surface area contributed by atoms with Gasteiger partial charge in [0.2, 0.25) is 0 Å². The van der Waals surface area contributed by atoms with E-state index in [1.54, 1.807) is 11.3 Å². The lowest BCUT2D eigenvalue weighted by Crippen LogP contribution is -2.45. The number of hydrogen-bond acceptors (Lipinski definition) is 5. The monoisotopic (exact) mass is 268 g/mol. The Bertz CT molecular complexity index is 375. The second-order valence-corrected chi connectivity index (χ2v) is 6.69. The van der Waals surface area contributed by atoms with Crippen LogP contribution in [0.3, 0.4) is 0 Å². The van der Waals surface area contributed by atoms with Crippen molar-refractivity contribution in [3.63, 3.8) is 0 Å². The van der Waals surface area contributed by atoms with Gasteiger partial charge in [-0.05, 0) is 20.9 Å². The largest absolute Gasteiger partial charge is 0.321 e. The zero-order valence-corrected chi connectivity index (χ0v) is 12.5. The van der Waals surface area contributed by atoms with Crippen LogP contribution in [0, 0.1) is 0 Å². The van der Waals surface area contributed by atoms with Crippen molar-refractivity contribution in [1.82, 2.24) is 14.8 Å². The van der Waals surface area contributed by atoms with E-state index in [2.05, 4.69) is 27.2 Å². The molecule has 1 fully saturated rings. The molecule has 0 amide bonds. The Balaban J connectivity index is 1.82. The highest BCUT2D eigenvalue weighted by molar-refractivity contribution is 7.09. The molecule has 0 saturated carbocycles. The molecule has 0 atom stereocenters. The summed E-state index contributed by atoms with van der Waals surface area (Å²) in [6.45, 7) is 9.84. The van der Waals surface area contributed by atoms with Crippen LogP contribution < -0.4 is 5.73 Å². The van der Waals surface area contributed by atoms with Crippen molar-refractivity contribution in [1.29, 1.82) is 0 Å². The Morgan fingerprint density at radius 2 is 2.00 bits per heavy atom. The second kappa shape index (κ2) is 5.65. The molecule has 4 nitrogen and oxygen atoms in total. The first kappa shape index (κ1) is 13.9. The molecule has 2 rings (SSSR count). The van der Waals surface area contributed by atoms with Crippen molar-refractivity contribution in [2.45, 2.75) is 25.8 Å². The van der Waals surface area contributed by atoms with Gasteiger partial charge in [0.05, 0.1) is 16.2 Å². The van der Waals surface area contributed by atoms with Gasteiger partial charge >= 0.3 is 0 Å². The van der Waals surface area contributed by atoms with Gasteiger partial charge in [-0.15, -0.1) is 11.3 Å². The summed E-state index contributed by atoms with van der Waals surface area (Å²) in [4.78, 5) is 9.54. The Labute approximate surface area is 114 Å². The highest BCUT2D eigenvalue weighted by atomic mass is 32.1. The molecule has 0 aliphatic carbocycles. The Morgan fingerprint density at radius 1 is 1.33 bits per heavy atom. The minimum absolute atomic E-state index is 0.317. The molecule has 0 bridgehead atoms. The molecule has 1 aliphatic rings. The van der Waals surface area contributed by atoms with E-state index in [0.717, 1.165) is 18.7 Å². The highest BCUT2D eigenvalue weighted by Crippen LogP contribution is 2.20. The van der Waals surface area contributed by atoms with E-state index in [0.29, 0.717) is 0 Å². The quantitative estimate of drug-likeness (QED) is 0.889. The van der Waals surface area contributed by atoms with Crippen LogP contribution in [0.5, 0.6) is 0 Å². The maximum atomic E-state index is 6.05. The summed E-state index contributed by atoms with van der Waals surface area (Å²) in [5.74, 6) is 0. The fourth-order valence-corrected chi connectivity index (χ4v) is 3.01. The molecule has 1 aliphatic heterocycles. The Kier molecular flexibility index (Phi) is 4.37. The van der Waals surface area contributed by atoms with Gasteiger partial charge in [-0.2, -0.15) is 0 Å². The molecule has 102 valence electrons. The van der Waals surface area contributed by atoms with Crippen LogP contribution >= 0.6 is 11.3 Å². The van der Waals surface area contributed by atoms with E-state index < -0.39 is 0 Å². The minimum atomic E-state index is -0.317. The summed E-state index contributed by atoms with van der Waals surface area (Å²) in [7, 11) is 2.19. The van der Waals surface area contributed by atoms with Crippen molar-refractivity contribution >= 4 is 11.3 Å². The first-order valence-electron chi connectivity index (χ1n) is 6.60. The van der Waals surface area contributed by atoms with E-state index in [1.807, 2.05) is 13.8 Å². The smallest absolute Gasteiger partial charge is 0.0941 e. The minimum Gasteiger partial charge on any atom is -0.321 e. The summed E-state index contributed by atoms with van der Waals surface area (Å²) in [6.07, 6.45) is 1.05. The molecular weight excluding hydrogens is 244 g/mol. The SMILES string of the molecule is CN1CCN(CCc2nc(C(C)(C)N)cs2)CC1. The standard InChI is InChI=1S/C13H24N4S/c1-13(2,14)11-10-18-12(15-11)4-5-17-8-6-16(3)7-9-17/h10H,4-9,14H2,1-3H3.